The summed E-state index contributed by atoms with van der Waals surface area (Å²) in [6, 6.07) is 0. The average Bonchev–Trinajstić information content (AvgIpc) is 2.83. The predicted molar refractivity (Wildman–Crippen MR) is 47.7 cm³/mol. The Morgan fingerprint density at radius 2 is 2.08 bits per heavy atom. The molecule has 13 heavy (non-hydrogen) atoms. The van der Waals surface area contributed by atoms with Crippen LogP contribution in [0.3, 0.4) is 0 Å². The molecule has 1 rings (SSSR count). The molecule has 4 nitrogen and oxygen atoms in total. The van der Waals surface area contributed by atoms with Crippen molar-refractivity contribution in [2.75, 3.05) is 13.7 Å². The molecular formula is C8H13ClO4. The van der Waals surface area contributed by atoms with Crippen LogP contribution in [0.25, 0.3) is 0 Å². The van der Waals surface area contributed by atoms with E-state index in [1.807, 2.05) is 0 Å². The number of carbonyl (C=O) groups is 2. The minimum atomic E-state index is -0.818. The van der Waals surface area contributed by atoms with Gasteiger partial charge in [-0.3, -0.25) is 9.59 Å². The molecule has 0 atom stereocenters. The number of ether oxygens (including phenoxy) is 1. The minimum absolute atomic E-state index is 0.0938. The molecule has 5 heteroatoms. The van der Waals surface area contributed by atoms with Crippen molar-refractivity contribution in [3.63, 3.8) is 0 Å². The summed E-state index contributed by atoms with van der Waals surface area (Å²) < 4.78 is 4.47. The molecule has 1 N–H and O–H groups in total. The molecule has 0 aromatic heterocycles. The molecule has 0 saturated heterocycles. The van der Waals surface area contributed by atoms with Gasteiger partial charge in [-0.1, -0.05) is 0 Å². The number of hydrogen-bond acceptors (Lipinski definition) is 3. The molecule has 0 aromatic carbocycles. The Hall–Kier alpha value is -0.610. The first-order valence-electron chi connectivity index (χ1n) is 3.98. The van der Waals surface area contributed by atoms with Crippen LogP contribution in [0.5, 0.6) is 0 Å². The van der Waals surface area contributed by atoms with Crippen molar-refractivity contribution in [1.29, 1.82) is 0 Å². The van der Waals surface area contributed by atoms with Crippen molar-refractivity contribution in [2.24, 2.45) is 5.92 Å². The third-order valence-electron chi connectivity index (χ3n) is 1.42. The topological polar surface area (TPSA) is 63.6 Å². The fourth-order valence-electron chi connectivity index (χ4n) is 0.500. The highest BCUT2D eigenvalue weighted by molar-refractivity contribution is 6.64. The van der Waals surface area contributed by atoms with Gasteiger partial charge in [-0.2, -0.15) is 0 Å². The smallest absolute Gasteiger partial charge is 0.305 e. The van der Waals surface area contributed by atoms with Gasteiger partial charge in [-0.15, -0.1) is 0 Å². The van der Waals surface area contributed by atoms with E-state index in [1.165, 1.54) is 7.11 Å². The zero-order chi connectivity index (χ0) is 10.3. The number of hydrogen-bond donors (Lipinski definition) is 1. The first-order chi connectivity index (χ1) is 6.07. The number of aliphatic carboxylic acids is 1. The summed E-state index contributed by atoms with van der Waals surface area (Å²) in [6.45, 7) is 0.301. The first kappa shape index (κ1) is 12.4. The van der Waals surface area contributed by atoms with E-state index in [-0.39, 0.29) is 17.6 Å². The predicted octanol–water partition coefficient (Wildman–Crippen LogP) is 1.27. The van der Waals surface area contributed by atoms with Crippen LogP contribution >= 0.6 is 11.6 Å². The average molecular weight is 209 g/mol. The Bertz CT molecular complexity index is 177. The van der Waals surface area contributed by atoms with Crippen molar-refractivity contribution >= 4 is 22.8 Å². The molecule has 1 aliphatic rings. The Morgan fingerprint density at radius 1 is 1.54 bits per heavy atom. The van der Waals surface area contributed by atoms with E-state index in [2.05, 4.69) is 4.74 Å². The number of rotatable bonds is 4. The minimum Gasteiger partial charge on any atom is -0.481 e. The van der Waals surface area contributed by atoms with Gasteiger partial charge in [0.1, 0.15) is 0 Å². The Labute approximate surface area is 81.8 Å². The van der Waals surface area contributed by atoms with Gasteiger partial charge in [0, 0.05) is 13.0 Å². The van der Waals surface area contributed by atoms with Gasteiger partial charge in [0.15, 0.2) is 0 Å². The summed E-state index contributed by atoms with van der Waals surface area (Å²) in [5.74, 6) is -0.589. The summed E-state index contributed by atoms with van der Waals surface area (Å²) in [5, 5.41) is 7.81. The van der Waals surface area contributed by atoms with E-state index in [0.29, 0.717) is 6.61 Å². The van der Waals surface area contributed by atoms with Crippen molar-refractivity contribution < 1.29 is 19.4 Å². The van der Waals surface area contributed by atoms with Gasteiger partial charge in [0.05, 0.1) is 13.0 Å². The largest absolute Gasteiger partial charge is 0.481 e. The zero-order valence-corrected chi connectivity index (χ0v) is 8.21. The van der Waals surface area contributed by atoms with Crippen LogP contribution in [-0.4, -0.2) is 30.0 Å². The number of carboxylic acids is 1. The van der Waals surface area contributed by atoms with Crippen molar-refractivity contribution in [1.82, 2.24) is 0 Å². The third kappa shape index (κ3) is 9.30. The molecule has 0 unspecified atom stereocenters. The Kier molecular flexibility index (Phi) is 6.54. The number of halogens is 1. The highest BCUT2D eigenvalue weighted by Gasteiger charge is 2.27. The van der Waals surface area contributed by atoms with E-state index >= 15 is 0 Å². The lowest BCUT2D eigenvalue weighted by atomic mass is 10.5. The summed E-state index contributed by atoms with van der Waals surface area (Å²) in [5.41, 5.74) is 0. The van der Waals surface area contributed by atoms with Crippen molar-refractivity contribution in [3.05, 3.63) is 0 Å². The lowest BCUT2D eigenvalue weighted by Gasteiger charge is -1.88. The maximum atomic E-state index is 9.97. The monoisotopic (exact) mass is 208 g/mol. The van der Waals surface area contributed by atoms with Crippen molar-refractivity contribution in [3.8, 4) is 0 Å². The van der Waals surface area contributed by atoms with Crippen molar-refractivity contribution in [2.45, 2.75) is 19.3 Å². The number of methoxy groups -OCH3 is 1. The quantitative estimate of drug-likeness (QED) is 0.707. The molecule has 1 fully saturated rings. The van der Waals surface area contributed by atoms with Gasteiger partial charge in [0.25, 0.3) is 0 Å². The molecule has 0 spiro atoms. The molecule has 1 aliphatic carbocycles. The van der Waals surface area contributed by atoms with Crippen LogP contribution in [0.2, 0.25) is 0 Å². The summed E-state index contributed by atoms with van der Waals surface area (Å²) in [6.07, 6.45) is 2.13. The Balaban J connectivity index is 0.000000223. The number of carbonyl (C=O) groups excluding carboxylic acids is 1. The third-order valence-corrected chi connectivity index (χ3v) is 1.73. The van der Waals surface area contributed by atoms with E-state index in [0.717, 1.165) is 12.8 Å². The summed E-state index contributed by atoms with van der Waals surface area (Å²) in [4.78, 5) is 19.6. The maximum Gasteiger partial charge on any atom is 0.305 e. The molecular weight excluding hydrogens is 196 g/mol. The van der Waals surface area contributed by atoms with Crippen LogP contribution < -0.4 is 0 Å². The fourth-order valence-corrected chi connectivity index (χ4v) is 0.718. The van der Waals surface area contributed by atoms with Crippen LogP contribution in [0.4, 0.5) is 0 Å². The van der Waals surface area contributed by atoms with E-state index in [4.69, 9.17) is 16.7 Å². The van der Waals surface area contributed by atoms with Gasteiger partial charge < -0.3 is 9.84 Å². The van der Waals surface area contributed by atoms with E-state index in [9.17, 15) is 9.59 Å². The zero-order valence-electron chi connectivity index (χ0n) is 7.46. The molecule has 1 saturated carbocycles. The van der Waals surface area contributed by atoms with E-state index < -0.39 is 5.97 Å². The first-order valence-corrected chi connectivity index (χ1v) is 4.35. The van der Waals surface area contributed by atoms with Gasteiger partial charge in [-0.05, 0) is 24.4 Å². The van der Waals surface area contributed by atoms with Crippen LogP contribution in [0.1, 0.15) is 19.3 Å². The highest BCUT2D eigenvalue weighted by Crippen LogP contribution is 2.30. The molecule has 0 amide bonds. The highest BCUT2D eigenvalue weighted by atomic mass is 35.5. The molecule has 0 bridgehead atoms. The second-order valence-corrected chi connectivity index (χ2v) is 3.09. The summed E-state index contributed by atoms with van der Waals surface area (Å²) in [7, 11) is 1.48. The summed E-state index contributed by atoms with van der Waals surface area (Å²) >= 11 is 5.04. The lowest BCUT2D eigenvalue weighted by Crippen LogP contribution is -1.99. The van der Waals surface area contributed by atoms with Gasteiger partial charge in [0.2, 0.25) is 5.24 Å². The van der Waals surface area contributed by atoms with Crippen LogP contribution in [-0.2, 0) is 14.3 Å². The maximum absolute atomic E-state index is 9.97. The second-order valence-electron chi connectivity index (χ2n) is 2.71. The second kappa shape index (κ2) is 6.86. The van der Waals surface area contributed by atoms with Crippen LogP contribution in [0, 0.1) is 5.92 Å². The molecule has 76 valence electrons. The lowest BCUT2D eigenvalue weighted by molar-refractivity contribution is -0.138. The molecule has 0 aromatic rings. The molecule has 0 heterocycles. The molecule has 0 radical (unpaired) electrons. The van der Waals surface area contributed by atoms with Crippen LogP contribution in [0.15, 0.2) is 0 Å². The standard InChI is InChI=1S/C4H5ClO.C4H8O3/c5-4(6)3-1-2-3;1-7-3-2-4(5)6/h3H,1-2H2;2-3H2,1H3,(H,5,6). The van der Waals surface area contributed by atoms with Gasteiger partial charge in [-0.25, -0.2) is 0 Å². The number of carboxylic acid groups (broad SMARTS) is 1. The molecule has 0 aliphatic heterocycles. The SMILES string of the molecule is COCCC(=O)O.O=C(Cl)C1CC1. The van der Waals surface area contributed by atoms with Gasteiger partial charge >= 0.3 is 5.97 Å². The van der Waals surface area contributed by atoms with E-state index in [1.54, 1.807) is 0 Å². The Morgan fingerprint density at radius 3 is 2.15 bits per heavy atom. The fraction of sp³-hybridized carbons (Fsp3) is 0.750. The normalized spacial score (nSPS) is 14.3.